The first kappa shape index (κ1) is 19.0. The van der Waals surface area contributed by atoms with E-state index in [0.717, 1.165) is 0 Å². The van der Waals surface area contributed by atoms with Crippen LogP contribution in [0.4, 0.5) is 4.39 Å². The first-order chi connectivity index (χ1) is 12.4. The molecule has 1 fully saturated rings. The number of halogens is 1. The van der Waals surface area contributed by atoms with E-state index in [1.165, 1.54) is 22.6 Å². The van der Waals surface area contributed by atoms with Gasteiger partial charge >= 0.3 is 0 Å². The zero-order chi connectivity index (χ0) is 18.7. The van der Waals surface area contributed by atoms with E-state index in [1.807, 2.05) is 18.4 Å². The second-order valence-corrected chi connectivity index (χ2v) is 9.88. The van der Waals surface area contributed by atoms with Crippen LogP contribution >= 0.6 is 11.3 Å². The number of hydrogen-bond acceptors (Lipinski definition) is 4. The molecule has 3 rings (SSSR count). The van der Waals surface area contributed by atoms with Gasteiger partial charge in [0.2, 0.25) is 5.91 Å². The Labute approximate surface area is 157 Å². The van der Waals surface area contributed by atoms with Gasteiger partial charge in [0.15, 0.2) is 9.84 Å². The highest BCUT2D eigenvalue weighted by Gasteiger charge is 2.33. The fourth-order valence-electron chi connectivity index (χ4n) is 3.32. The normalized spacial score (nSPS) is 19.9. The molecule has 0 saturated carbocycles. The van der Waals surface area contributed by atoms with Crippen LogP contribution in [0.2, 0.25) is 0 Å². The lowest BCUT2D eigenvalue weighted by Crippen LogP contribution is -2.33. The Morgan fingerprint density at radius 3 is 2.73 bits per heavy atom. The molecule has 0 N–H and O–H groups in total. The maximum absolute atomic E-state index is 14.1. The molecule has 2 heterocycles. The fourth-order valence-corrected chi connectivity index (χ4v) is 6.03. The van der Waals surface area contributed by atoms with Crippen LogP contribution in [-0.4, -0.2) is 38.1 Å². The van der Waals surface area contributed by atoms with Gasteiger partial charge in [0.05, 0.1) is 11.0 Å². The number of carbonyl (C=O) groups excluding carboxylic acids is 1. The van der Waals surface area contributed by atoms with Gasteiger partial charge in [-0.1, -0.05) is 18.2 Å². The van der Waals surface area contributed by atoms with E-state index >= 15 is 0 Å². The topological polar surface area (TPSA) is 54.5 Å². The summed E-state index contributed by atoms with van der Waals surface area (Å²) in [6.45, 7) is 2.53. The number of carbonyl (C=O) groups is 1. The number of rotatable bonds is 4. The largest absolute Gasteiger partial charge is 0.342 e. The zero-order valence-electron chi connectivity index (χ0n) is 14.7. The van der Waals surface area contributed by atoms with Crippen LogP contribution < -0.4 is 0 Å². The van der Waals surface area contributed by atoms with Crippen molar-refractivity contribution in [3.05, 3.63) is 57.5 Å². The van der Waals surface area contributed by atoms with Gasteiger partial charge in [-0.3, -0.25) is 4.79 Å². The van der Waals surface area contributed by atoms with E-state index in [2.05, 4.69) is 0 Å². The van der Waals surface area contributed by atoms with Crippen molar-refractivity contribution in [1.82, 2.24) is 4.90 Å². The summed E-state index contributed by atoms with van der Waals surface area (Å²) in [5, 5.41) is 1.12. The van der Waals surface area contributed by atoms with Gasteiger partial charge in [0.25, 0.3) is 0 Å². The highest BCUT2D eigenvalue weighted by atomic mass is 32.2. The van der Waals surface area contributed by atoms with Crippen molar-refractivity contribution in [3.63, 3.8) is 0 Å². The Morgan fingerprint density at radius 2 is 2.04 bits per heavy atom. The average Bonchev–Trinajstić information content (AvgIpc) is 2.94. The number of hydrogen-bond donors (Lipinski definition) is 0. The number of nitrogens with zero attached hydrogens (tertiary/aromatic N) is 1. The molecule has 0 bridgehead atoms. The van der Waals surface area contributed by atoms with Gasteiger partial charge in [0.1, 0.15) is 5.82 Å². The molecule has 0 aliphatic carbocycles. The van der Waals surface area contributed by atoms with E-state index < -0.39 is 20.9 Å². The molecule has 2 aromatic rings. The maximum Gasteiger partial charge on any atom is 0.222 e. The molecular formula is C19H22FNO3S2. The van der Waals surface area contributed by atoms with Crippen molar-refractivity contribution < 1.29 is 17.6 Å². The third kappa shape index (κ3) is 4.15. The standard InChI is InChI=1S/C19H22FNO3S2/c1-14-9-12-25-17(14)6-7-19(22)21-10-8-18(26(23,24)13-11-21)15-4-2-3-5-16(15)20/h2-5,9,12,18H,6-8,10-11,13H2,1H3/t18-/m1/s1. The third-order valence-electron chi connectivity index (χ3n) is 4.88. The minimum atomic E-state index is -3.50. The molecular weight excluding hydrogens is 373 g/mol. The second-order valence-electron chi connectivity index (χ2n) is 6.57. The van der Waals surface area contributed by atoms with Gasteiger partial charge in [-0.2, -0.15) is 0 Å². The van der Waals surface area contributed by atoms with Gasteiger partial charge in [0, 0.05) is 30.0 Å². The van der Waals surface area contributed by atoms with Crippen LogP contribution in [0, 0.1) is 12.7 Å². The van der Waals surface area contributed by atoms with Crippen molar-refractivity contribution in [2.75, 3.05) is 18.8 Å². The Bertz CT molecular complexity index is 892. The lowest BCUT2D eigenvalue weighted by molar-refractivity contribution is -0.130. The second kappa shape index (κ2) is 7.88. The van der Waals surface area contributed by atoms with E-state index in [9.17, 15) is 17.6 Å². The summed E-state index contributed by atoms with van der Waals surface area (Å²) >= 11 is 1.63. The highest BCUT2D eigenvalue weighted by molar-refractivity contribution is 7.91. The molecule has 0 radical (unpaired) electrons. The van der Waals surface area contributed by atoms with Crippen molar-refractivity contribution in [3.8, 4) is 0 Å². The maximum atomic E-state index is 14.1. The first-order valence-electron chi connectivity index (χ1n) is 8.65. The monoisotopic (exact) mass is 395 g/mol. The van der Waals surface area contributed by atoms with Crippen LogP contribution in [0.1, 0.15) is 34.1 Å². The molecule has 1 aromatic carbocycles. The predicted molar refractivity (Wildman–Crippen MR) is 102 cm³/mol. The summed E-state index contributed by atoms with van der Waals surface area (Å²) < 4.78 is 39.3. The van der Waals surface area contributed by atoms with E-state index in [-0.39, 0.29) is 30.2 Å². The van der Waals surface area contributed by atoms with Crippen molar-refractivity contribution in [2.24, 2.45) is 0 Å². The molecule has 0 unspecified atom stereocenters. The number of thiophene rings is 1. The number of amides is 1. The summed E-state index contributed by atoms with van der Waals surface area (Å²) in [7, 11) is -3.50. The Morgan fingerprint density at radius 1 is 1.27 bits per heavy atom. The molecule has 140 valence electrons. The molecule has 4 nitrogen and oxygen atoms in total. The Hall–Kier alpha value is -1.73. The van der Waals surface area contributed by atoms with Gasteiger partial charge in [-0.25, -0.2) is 12.8 Å². The fraction of sp³-hybridized carbons (Fsp3) is 0.421. The minimum Gasteiger partial charge on any atom is -0.342 e. The minimum absolute atomic E-state index is 0.0396. The molecule has 0 spiro atoms. The molecule has 26 heavy (non-hydrogen) atoms. The summed E-state index contributed by atoms with van der Waals surface area (Å²) in [6, 6.07) is 8.02. The van der Waals surface area contributed by atoms with Gasteiger partial charge in [-0.05, 0) is 42.8 Å². The third-order valence-corrected chi connectivity index (χ3v) is 8.07. The van der Waals surface area contributed by atoms with Crippen molar-refractivity contribution in [1.29, 1.82) is 0 Å². The molecule has 1 aromatic heterocycles. The van der Waals surface area contributed by atoms with Crippen LogP contribution in [0.15, 0.2) is 35.7 Å². The van der Waals surface area contributed by atoms with E-state index in [1.54, 1.807) is 28.4 Å². The average molecular weight is 396 g/mol. The molecule has 1 atom stereocenters. The molecule has 1 aliphatic heterocycles. The van der Waals surface area contributed by atoms with Crippen LogP contribution in [0.25, 0.3) is 0 Å². The Balaban J connectivity index is 1.69. The molecule has 7 heteroatoms. The highest BCUT2D eigenvalue weighted by Crippen LogP contribution is 2.31. The number of aryl methyl sites for hydroxylation is 2. The summed E-state index contributed by atoms with van der Waals surface area (Å²) in [5.74, 6) is -0.674. The van der Waals surface area contributed by atoms with E-state index in [0.29, 0.717) is 19.4 Å². The zero-order valence-corrected chi connectivity index (χ0v) is 16.3. The van der Waals surface area contributed by atoms with Crippen molar-refractivity contribution >= 4 is 27.1 Å². The van der Waals surface area contributed by atoms with Crippen LogP contribution in [0.5, 0.6) is 0 Å². The summed E-state index contributed by atoms with van der Waals surface area (Å²) in [5.41, 5.74) is 1.39. The van der Waals surface area contributed by atoms with E-state index in [4.69, 9.17) is 0 Å². The predicted octanol–water partition coefficient (Wildman–Crippen LogP) is 3.52. The van der Waals surface area contributed by atoms with Crippen LogP contribution in [0.3, 0.4) is 0 Å². The SMILES string of the molecule is Cc1ccsc1CCC(=O)N1CC[C@H](c2ccccc2F)S(=O)(=O)CC1. The molecule has 1 saturated heterocycles. The number of sulfone groups is 1. The number of benzene rings is 1. The van der Waals surface area contributed by atoms with Crippen molar-refractivity contribution in [2.45, 2.75) is 31.4 Å². The smallest absolute Gasteiger partial charge is 0.222 e. The van der Waals surface area contributed by atoms with Gasteiger partial charge in [-0.15, -0.1) is 11.3 Å². The Kier molecular flexibility index (Phi) is 5.77. The first-order valence-corrected chi connectivity index (χ1v) is 11.2. The quantitative estimate of drug-likeness (QED) is 0.796. The van der Waals surface area contributed by atoms with Gasteiger partial charge < -0.3 is 4.90 Å². The summed E-state index contributed by atoms with van der Waals surface area (Å²) in [4.78, 5) is 15.3. The lowest BCUT2D eigenvalue weighted by atomic mass is 10.1. The molecule has 1 aliphatic rings. The lowest BCUT2D eigenvalue weighted by Gasteiger charge is -2.20. The molecule has 1 amide bonds. The van der Waals surface area contributed by atoms with Crippen LogP contribution in [-0.2, 0) is 21.1 Å². The summed E-state index contributed by atoms with van der Waals surface area (Å²) in [6.07, 6.45) is 1.27.